The summed E-state index contributed by atoms with van der Waals surface area (Å²) in [4.78, 5) is 21.8. The van der Waals surface area contributed by atoms with Gasteiger partial charge in [0.15, 0.2) is 0 Å². The first-order valence-electron chi connectivity index (χ1n) is 5.36. The van der Waals surface area contributed by atoms with E-state index >= 15 is 0 Å². The second-order valence-corrected chi connectivity index (χ2v) is 3.74. The van der Waals surface area contributed by atoms with Crippen LogP contribution in [0.25, 0.3) is 0 Å². The van der Waals surface area contributed by atoms with E-state index in [1.54, 1.807) is 19.9 Å². The third-order valence-corrected chi connectivity index (χ3v) is 2.67. The van der Waals surface area contributed by atoms with Gasteiger partial charge in [-0.3, -0.25) is 14.9 Å². The third kappa shape index (κ3) is 3.03. The quantitative estimate of drug-likeness (QED) is 0.457. The number of carbonyl (C=O) groups excluding carboxylic acids is 1. The zero-order valence-electron chi connectivity index (χ0n) is 10.1. The molecule has 0 amide bonds. The Kier molecular flexibility index (Phi) is 4.20. The highest BCUT2D eigenvalue weighted by Crippen LogP contribution is 2.25. The average molecular weight is 237 g/mol. The molecule has 0 atom stereocenters. The van der Waals surface area contributed by atoms with Crippen LogP contribution in [0.1, 0.15) is 23.6 Å². The van der Waals surface area contributed by atoms with Crippen LogP contribution in [0.2, 0.25) is 0 Å². The second-order valence-electron chi connectivity index (χ2n) is 3.74. The molecule has 1 aromatic rings. The van der Waals surface area contributed by atoms with E-state index in [9.17, 15) is 14.9 Å². The van der Waals surface area contributed by atoms with Crippen LogP contribution in [0.4, 0.5) is 5.69 Å². The molecular weight excluding hydrogens is 222 g/mol. The summed E-state index contributed by atoms with van der Waals surface area (Å²) in [5.74, 6) is -0.440. The van der Waals surface area contributed by atoms with E-state index in [0.717, 1.165) is 11.1 Å². The highest BCUT2D eigenvalue weighted by molar-refractivity contribution is 5.75. The van der Waals surface area contributed by atoms with Gasteiger partial charge in [-0.05, 0) is 31.9 Å². The molecule has 17 heavy (non-hydrogen) atoms. The van der Waals surface area contributed by atoms with E-state index in [4.69, 9.17) is 4.74 Å². The molecule has 0 bridgehead atoms. The van der Waals surface area contributed by atoms with Crippen molar-refractivity contribution in [2.45, 2.75) is 27.2 Å². The van der Waals surface area contributed by atoms with Crippen molar-refractivity contribution in [3.63, 3.8) is 0 Å². The fourth-order valence-electron chi connectivity index (χ4n) is 1.61. The number of hydrogen-bond acceptors (Lipinski definition) is 4. The molecule has 92 valence electrons. The minimum Gasteiger partial charge on any atom is -0.466 e. The number of hydrogen-bond donors (Lipinski definition) is 0. The fourth-order valence-corrected chi connectivity index (χ4v) is 1.61. The van der Waals surface area contributed by atoms with Crippen LogP contribution in [0.15, 0.2) is 12.1 Å². The van der Waals surface area contributed by atoms with Gasteiger partial charge in [0.2, 0.25) is 0 Å². The number of esters is 1. The number of carbonyl (C=O) groups is 1. The molecule has 0 aliphatic rings. The van der Waals surface area contributed by atoms with Gasteiger partial charge in [0.05, 0.1) is 18.0 Å². The number of nitro groups is 1. The zero-order chi connectivity index (χ0) is 13.0. The highest BCUT2D eigenvalue weighted by atomic mass is 16.6. The molecule has 0 spiro atoms. The van der Waals surface area contributed by atoms with Crippen LogP contribution in [-0.2, 0) is 16.0 Å². The van der Waals surface area contributed by atoms with Crippen molar-refractivity contribution in [2.75, 3.05) is 6.61 Å². The predicted molar refractivity (Wildman–Crippen MR) is 62.9 cm³/mol. The normalized spacial score (nSPS) is 10.1. The van der Waals surface area contributed by atoms with Crippen molar-refractivity contribution in [2.24, 2.45) is 0 Å². The minimum absolute atomic E-state index is 0.0267. The van der Waals surface area contributed by atoms with Crippen molar-refractivity contribution in [1.82, 2.24) is 0 Å². The number of nitrogens with zero attached hydrogens (tertiary/aromatic N) is 1. The Balaban J connectivity index is 3.14. The summed E-state index contributed by atoms with van der Waals surface area (Å²) in [5, 5.41) is 10.9. The number of benzene rings is 1. The lowest BCUT2D eigenvalue weighted by molar-refractivity contribution is -0.385. The van der Waals surface area contributed by atoms with E-state index in [0.29, 0.717) is 5.56 Å². The molecule has 0 N–H and O–H groups in total. The standard InChI is InChI=1S/C12H15NO4/c1-4-17-12(14)7-10-9(3)8(2)5-6-11(10)13(15)16/h5-6H,4,7H2,1-3H3. The molecule has 0 aliphatic heterocycles. The van der Waals surface area contributed by atoms with E-state index < -0.39 is 10.9 Å². The SMILES string of the molecule is CCOC(=O)Cc1c([N+](=O)[O-])ccc(C)c1C. The molecular formula is C12H15NO4. The van der Waals surface area contributed by atoms with Crippen LogP contribution in [0, 0.1) is 24.0 Å². The summed E-state index contributed by atoms with van der Waals surface area (Å²) >= 11 is 0. The van der Waals surface area contributed by atoms with Gasteiger partial charge < -0.3 is 4.74 Å². The first kappa shape index (κ1) is 13.2. The van der Waals surface area contributed by atoms with Crippen molar-refractivity contribution in [1.29, 1.82) is 0 Å². The monoisotopic (exact) mass is 237 g/mol. The first-order chi connectivity index (χ1) is 7.97. The number of rotatable bonds is 4. The molecule has 5 heteroatoms. The van der Waals surface area contributed by atoms with Crippen molar-refractivity contribution >= 4 is 11.7 Å². The van der Waals surface area contributed by atoms with Gasteiger partial charge in [-0.2, -0.15) is 0 Å². The zero-order valence-corrected chi connectivity index (χ0v) is 10.1. The van der Waals surface area contributed by atoms with Crippen LogP contribution in [-0.4, -0.2) is 17.5 Å². The van der Waals surface area contributed by atoms with Crippen LogP contribution in [0.3, 0.4) is 0 Å². The summed E-state index contributed by atoms with van der Waals surface area (Å²) in [6.07, 6.45) is -0.0579. The third-order valence-electron chi connectivity index (χ3n) is 2.67. The summed E-state index contributed by atoms with van der Waals surface area (Å²) in [5.41, 5.74) is 2.11. The Hall–Kier alpha value is -1.91. The molecule has 0 fully saturated rings. The second kappa shape index (κ2) is 5.43. The molecule has 0 heterocycles. The van der Waals surface area contributed by atoms with Crippen LogP contribution >= 0.6 is 0 Å². The molecule has 0 aliphatic carbocycles. The van der Waals surface area contributed by atoms with Crippen molar-refractivity contribution in [3.8, 4) is 0 Å². The van der Waals surface area contributed by atoms with Gasteiger partial charge >= 0.3 is 5.97 Å². The van der Waals surface area contributed by atoms with E-state index in [1.807, 2.05) is 6.92 Å². The topological polar surface area (TPSA) is 69.4 Å². The first-order valence-corrected chi connectivity index (χ1v) is 5.36. The lowest BCUT2D eigenvalue weighted by Gasteiger charge is -2.08. The predicted octanol–water partition coefficient (Wildman–Crippen LogP) is 2.32. The molecule has 1 rings (SSSR count). The maximum atomic E-state index is 11.4. The van der Waals surface area contributed by atoms with Crippen molar-refractivity contribution < 1.29 is 14.5 Å². The molecule has 5 nitrogen and oxygen atoms in total. The maximum Gasteiger partial charge on any atom is 0.310 e. The highest BCUT2D eigenvalue weighted by Gasteiger charge is 2.20. The number of ether oxygens (including phenoxy) is 1. The Morgan fingerprint density at radius 3 is 2.59 bits per heavy atom. The summed E-state index contributed by atoms with van der Waals surface area (Å²) in [6.45, 7) is 5.61. The molecule has 1 aromatic carbocycles. The van der Waals surface area contributed by atoms with Crippen LogP contribution in [0.5, 0.6) is 0 Å². The smallest absolute Gasteiger partial charge is 0.310 e. The molecule has 0 aromatic heterocycles. The number of nitro benzene ring substituents is 1. The molecule has 0 radical (unpaired) electrons. The Labute approximate surface area is 99.5 Å². The molecule has 0 saturated heterocycles. The van der Waals surface area contributed by atoms with Crippen LogP contribution < -0.4 is 0 Å². The maximum absolute atomic E-state index is 11.4. The lowest BCUT2D eigenvalue weighted by atomic mass is 9.99. The number of aryl methyl sites for hydroxylation is 1. The molecule has 0 unspecified atom stereocenters. The van der Waals surface area contributed by atoms with Gasteiger partial charge in [-0.1, -0.05) is 6.07 Å². The van der Waals surface area contributed by atoms with Gasteiger partial charge in [0.25, 0.3) is 5.69 Å². The van der Waals surface area contributed by atoms with E-state index in [2.05, 4.69) is 0 Å². The Morgan fingerprint density at radius 1 is 1.41 bits per heavy atom. The fraction of sp³-hybridized carbons (Fsp3) is 0.417. The lowest BCUT2D eigenvalue weighted by Crippen LogP contribution is -2.11. The average Bonchev–Trinajstić information content (AvgIpc) is 2.25. The van der Waals surface area contributed by atoms with Gasteiger partial charge in [-0.15, -0.1) is 0 Å². The summed E-state index contributed by atoms with van der Waals surface area (Å²) in [7, 11) is 0. The summed E-state index contributed by atoms with van der Waals surface area (Å²) < 4.78 is 4.81. The van der Waals surface area contributed by atoms with Crippen molar-refractivity contribution in [3.05, 3.63) is 38.9 Å². The van der Waals surface area contributed by atoms with Gasteiger partial charge in [-0.25, -0.2) is 0 Å². The van der Waals surface area contributed by atoms with E-state index in [1.165, 1.54) is 6.07 Å². The molecule has 0 saturated carbocycles. The van der Waals surface area contributed by atoms with Gasteiger partial charge in [0, 0.05) is 11.6 Å². The Morgan fingerprint density at radius 2 is 2.06 bits per heavy atom. The summed E-state index contributed by atoms with van der Waals surface area (Å²) in [6, 6.07) is 3.11. The minimum atomic E-state index is -0.471. The largest absolute Gasteiger partial charge is 0.466 e. The van der Waals surface area contributed by atoms with E-state index in [-0.39, 0.29) is 18.7 Å². The van der Waals surface area contributed by atoms with Gasteiger partial charge in [0.1, 0.15) is 0 Å². The Bertz CT molecular complexity index is 454.